The van der Waals surface area contributed by atoms with Crippen LogP contribution in [0.1, 0.15) is 22.3 Å². The van der Waals surface area contributed by atoms with Crippen molar-refractivity contribution in [2.75, 3.05) is 19.1 Å². The number of anilines is 1. The second-order valence-electron chi connectivity index (χ2n) is 7.05. The van der Waals surface area contributed by atoms with Gasteiger partial charge in [-0.1, -0.05) is 24.3 Å². The van der Waals surface area contributed by atoms with E-state index in [2.05, 4.69) is 17.6 Å². The molecule has 3 rings (SSSR count). The summed E-state index contributed by atoms with van der Waals surface area (Å²) in [4.78, 5) is 6.09. The number of halogens is 3. The zero-order valence-corrected chi connectivity index (χ0v) is 18.3. The third-order valence-corrected chi connectivity index (χ3v) is 5.18. The van der Waals surface area contributed by atoms with Crippen molar-refractivity contribution in [1.29, 1.82) is 0 Å². The lowest BCUT2D eigenvalue weighted by atomic mass is 10.1. The van der Waals surface area contributed by atoms with Gasteiger partial charge in [0.25, 0.3) is 0 Å². The van der Waals surface area contributed by atoms with E-state index in [4.69, 9.17) is 9.47 Å². The van der Waals surface area contributed by atoms with Gasteiger partial charge in [0.15, 0.2) is 0 Å². The van der Waals surface area contributed by atoms with Crippen LogP contribution in [0.25, 0.3) is 0 Å². The first kappa shape index (κ1) is 22.8. The molecule has 0 amide bonds. The van der Waals surface area contributed by atoms with Gasteiger partial charge in [-0.3, -0.25) is 0 Å². The lowest BCUT2D eigenvalue weighted by Crippen LogP contribution is -2.24. The summed E-state index contributed by atoms with van der Waals surface area (Å²) in [6.45, 7) is 2.31. The topological polar surface area (TPSA) is 34.6 Å². The van der Waals surface area contributed by atoms with E-state index in [1.165, 1.54) is 13.0 Å². The third kappa shape index (κ3) is 5.64. The summed E-state index contributed by atoms with van der Waals surface area (Å²) < 4.78 is 50.5. The SMILES string of the molecule is COc1ccc(CN(Cc2ccc(OC)cc2)c2cc(C)c(C(F)(F)F)c(S)n2)cc1. The molecule has 8 heteroatoms. The quantitative estimate of drug-likeness (QED) is 0.455. The molecule has 0 unspecified atom stereocenters. The molecule has 0 atom stereocenters. The Morgan fingerprint density at radius 1 is 0.871 bits per heavy atom. The number of aromatic nitrogens is 1. The smallest absolute Gasteiger partial charge is 0.419 e. The monoisotopic (exact) mass is 448 g/mol. The molecule has 0 spiro atoms. The number of benzene rings is 2. The molecule has 0 saturated heterocycles. The lowest BCUT2D eigenvalue weighted by Gasteiger charge is -2.26. The van der Waals surface area contributed by atoms with Gasteiger partial charge < -0.3 is 14.4 Å². The molecule has 31 heavy (non-hydrogen) atoms. The number of thiol groups is 1. The summed E-state index contributed by atoms with van der Waals surface area (Å²) in [6, 6.07) is 16.5. The minimum absolute atomic E-state index is 0.0805. The van der Waals surface area contributed by atoms with Crippen LogP contribution in [-0.2, 0) is 19.3 Å². The number of rotatable bonds is 7. The van der Waals surface area contributed by atoms with Gasteiger partial charge in [-0.2, -0.15) is 13.2 Å². The average Bonchev–Trinajstić information content (AvgIpc) is 2.72. The Morgan fingerprint density at radius 3 is 1.68 bits per heavy atom. The summed E-state index contributed by atoms with van der Waals surface area (Å²) >= 11 is 4.04. The minimum Gasteiger partial charge on any atom is -0.497 e. The maximum Gasteiger partial charge on any atom is 0.419 e. The van der Waals surface area contributed by atoms with Crippen LogP contribution in [0.15, 0.2) is 59.6 Å². The molecule has 0 radical (unpaired) electrons. The number of hydrogen-bond acceptors (Lipinski definition) is 5. The Bertz CT molecular complexity index is 950. The van der Waals surface area contributed by atoms with Crippen LogP contribution in [0.2, 0.25) is 0 Å². The molecule has 0 aliphatic heterocycles. The lowest BCUT2D eigenvalue weighted by molar-refractivity contribution is -0.140. The Balaban J connectivity index is 1.97. The molecule has 0 N–H and O–H groups in total. The second-order valence-corrected chi connectivity index (χ2v) is 7.47. The molecule has 0 aliphatic carbocycles. The van der Waals surface area contributed by atoms with Crippen molar-refractivity contribution in [3.8, 4) is 11.5 Å². The van der Waals surface area contributed by atoms with Crippen molar-refractivity contribution >= 4 is 18.4 Å². The van der Waals surface area contributed by atoms with Crippen LogP contribution in [0.4, 0.5) is 19.0 Å². The molecule has 0 bridgehead atoms. The Labute approximate surface area is 185 Å². The van der Waals surface area contributed by atoms with Crippen LogP contribution in [0, 0.1) is 6.92 Å². The first-order valence-corrected chi connectivity index (χ1v) is 9.94. The molecular weight excluding hydrogens is 425 g/mol. The zero-order valence-electron chi connectivity index (χ0n) is 17.4. The average molecular weight is 449 g/mol. The zero-order chi connectivity index (χ0) is 22.6. The highest BCUT2D eigenvalue weighted by atomic mass is 32.1. The van der Waals surface area contributed by atoms with E-state index in [0.29, 0.717) is 18.9 Å². The van der Waals surface area contributed by atoms with E-state index in [-0.39, 0.29) is 10.6 Å². The summed E-state index contributed by atoms with van der Waals surface area (Å²) in [5, 5.41) is -0.336. The van der Waals surface area contributed by atoms with Crippen LogP contribution in [-0.4, -0.2) is 19.2 Å². The highest BCUT2D eigenvalue weighted by molar-refractivity contribution is 7.80. The number of ether oxygens (including phenoxy) is 2. The second kappa shape index (κ2) is 9.51. The van der Waals surface area contributed by atoms with Gasteiger partial charge in [0.1, 0.15) is 22.3 Å². The maximum atomic E-state index is 13.4. The molecule has 3 aromatic rings. The van der Waals surface area contributed by atoms with Gasteiger partial charge in [0.05, 0.1) is 19.8 Å². The van der Waals surface area contributed by atoms with Crippen molar-refractivity contribution in [3.05, 3.63) is 76.9 Å². The Kier molecular flexibility index (Phi) is 7.00. The van der Waals surface area contributed by atoms with Crippen molar-refractivity contribution < 1.29 is 22.6 Å². The normalized spacial score (nSPS) is 11.3. The van der Waals surface area contributed by atoms with Crippen LogP contribution >= 0.6 is 12.6 Å². The number of alkyl halides is 3. The van der Waals surface area contributed by atoms with Crippen molar-refractivity contribution in [3.63, 3.8) is 0 Å². The van der Waals surface area contributed by atoms with Gasteiger partial charge in [-0.15, -0.1) is 12.6 Å². The third-order valence-electron chi connectivity index (χ3n) is 4.86. The molecule has 2 aromatic carbocycles. The predicted octanol–water partition coefficient (Wildman–Crippen LogP) is 5.92. The maximum absolute atomic E-state index is 13.4. The molecule has 4 nitrogen and oxygen atoms in total. The summed E-state index contributed by atoms with van der Waals surface area (Å²) in [5.41, 5.74) is 1.20. The van der Waals surface area contributed by atoms with E-state index in [1.54, 1.807) is 14.2 Å². The summed E-state index contributed by atoms with van der Waals surface area (Å²) in [7, 11) is 3.18. The fraction of sp³-hybridized carbons (Fsp3) is 0.261. The van der Waals surface area contributed by atoms with Gasteiger partial charge in [-0.25, -0.2) is 4.98 Å². The summed E-state index contributed by atoms with van der Waals surface area (Å²) in [5.74, 6) is 1.88. The van der Waals surface area contributed by atoms with Gasteiger partial charge >= 0.3 is 6.18 Å². The highest BCUT2D eigenvalue weighted by Gasteiger charge is 2.36. The first-order valence-electron chi connectivity index (χ1n) is 9.50. The fourth-order valence-electron chi connectivity index (χ4n) is 3.27. The predicted molar refractivity (Wildman–Crippen MR) is 117 cm³/mol. The van der Waals surface area contributed by atoms with Crippen molar-refractivity contribution in [2.24, 2.45) is 0 Å². The van der Waals surface area contributed by atoms with Gasteiger partial charge in [-0.05, 0) is 53.9 Å². The Hall–Kier alpha value is -2.87. The highest BCUT2D eigenvalue weighted by Crippen LogP contribution is 2.37. The molecule has 0 fully saturated rings. The van der Waals surface area contributed by atoms with E-state index >= 15 is 0 Å². The van der Waals surface area contributed by atoms with E-state index in [1.807, 2.05) is 53.4 Å². The number of pyridine rings is 1. The van der Waals surface area contributed by atoms with Crippen molar-refractivity contribution in [1.82, 2.24) is 4.98 Å². The Morgan fingerprint density at radius 2 is 1.32 bits per heavy atom. The number of hydrogen-bond donors (Lipinski definition) is 1. The van der Waals surface area contributed by atoms with Crippen LogP contribution < -0.4 is 14.4 Å². The minimum atomic E-state index is -4.51. The van der Waals surface area contributed by atoms with Crippen molar-refractivity contribution in [2.45, 2.75) is 31.2 Å². The number of aryl methyl sites for hydroxylation is 1. The van der Waals surface area contributed by atoms with E-state index in [0.717, 1.165) is 22.6 Å². The van der Waals surface area contributed by atoms with Crippen LogP contribution in [0.3, 0.4) is 0 Å². The standard InChI is InChI=1S/C23H23F3N2O2S/c1-15-12-20(27-22(31)21(15)23(24,25)26)28(13-16-4-8-18(29-2)9-5-16)14-17-6-10-19(30-3)11-7-17/h4-12H,13-14H2,1-3H3,(H,27,31). The molecule has 1 aromatic heterocycles. The van der Waals surface area contributed by atoms with E-state index in [9.17, 15) is 13.2 Å². The molecular formula is C23H23F3N2O2S. The molecule has 0 saturated carbocycles. The molecule has 0 aliphatic rings. The molecule has 164 valence electrons. The van der Waals surface area contributed by atoms with E-state index < -0.39 is 11.7 Å². The number of methoxy groups -OCH3 is 2. The first-order chi connectivity index (χ1) is 14.7. The largest absolute Gasteiger partial charge is 0.497 e. The number of nitrogens with zero attached hydrogens (tertiary/aromatic N) is 2. The van der Waals surface area contributed by atoms with Gasteiger partial charge in [0, 0.05) is 13.1 Å². The molecule has 1 heterocycles. The van der Waals surface area contributed by atoms with Crippen LogP contribution in [0.5, 0.6) is 11.5 Å². The van der Waals surface area contributed by atoms with Gasteiger partial charge in [0.2, 0.25) is 0 Å². The summed E-state index contributed by atoms with van der Waals surface area (Å²) in [6.07, 6.45) is -4.51. The fourth-order valence-corrected chi connectivity index (χ4v) is 3.68.